The van der Waals surface area contributed by atoms with Gasteiger partial charge < -0.3 is 30.4 Å². The quantitative estimate of drug-likeness (QED) is 0.254. The summed E-state index contributed by atoms with van der Waals surface area (Å²) in [6.45, 7) is 6.57. The molecule has 9 nitrogen and oxygen atoms in total. The standard InChI is InChI=1S/C24H36N4O5/c1-3-4-11-25-23(30)26-12-7-5-6-8-13-27-24(31)28-14-15-32-19-9-10-20-18(2)16-22(29)33-21(20)17-19/h9-10,16-17H,3-8,11-15H2,1-2H3,(H2,25,26,30)(H2,27,28,31). The normalized spacial score (nSPS) is 10.6. The average molecular weight is 461 g/mol. The number of carbonyl (C=O) groups is 2. The first-order chi connectivity index (χ1) is 16.0. The van der Waals surface area contributed by atoms with Crippen LogP contribution in [-0.2, 0) is 0 Å². The molecular formula is C24H36N4O5. The zero-order chi connectivity index (χ0) is 23.9. The molecule has 0 radical (unpaired) electrons. The van der Waals surface area contributed by atoms with Gasteiger partial charge in [0, 0.05) is 37.2 Å². The summed E-state index contributed by atoms with van der Waals surface area (Å²) in [5.41, 5.74) is 0.944. The third kappa shape index (κ3) is 10.3. The first-order valence-electron chi connectivity index (χ1n) is 11.7. The Balaban J connectivity index is 1.48. The molecule has 0 bridgehead atoms. The van der Waals surface area contributed by atoms with Crippen LogP contribution in [0.15, 0.2) is 33.5 Å². The topological polar surface area (TPSA) is 122 Å². The molecule has 1 aromatic heterocycles. The lowest BCUT2D eigenvalue weighted by Gasteiger charge is -2.10. The zero-order valence-corrected chi connectivity index (χ0v) is 19.6. The van der Waals surface area contributed by atoms with Gasteiger partial charge in [0.1, 0.15) is 17.9 Å². The van der Waals surface area contributed by atoms with Gasteiger partial charge in [-0.15, -0.1) is 0 Å². The van der Waals surface area contributed by atoms with E-state index in [-0.39, 0.29) is 12.1 Å². The first-order valence-corrected chi connectivity index (χ1v) is 11.7. The summed E-state index contributed by atoms with van der Waals surface area (Å²) in [6, 6.07) is 6.46. The van der Waals surface area contributed by atoms with Gasteiger partial charge in [0.15, 0.2) is 0 Å². The molecule has 0 aliphatic rings. The van der Waals surface area contributed by atoms with E-state index in [1.807, 2.05) is 19.1 Å². The second-order valence-corrected chi connectivity index (χ2v) is 7.89. The number of nitrogens with one attached hydrogen (secondary N) is 4. The van der Waals surface area contributed by atoms with Gasteiger partial charge in [0.25, 0.3) is 0 Å². The summed E-state index contributed by atoms with van der Waals surface area (Å²) in [5, 5.41) is 12.1. The molecule has 2 rings (SSSR count). The molecule has 9 heteroatoms. The predicted octanol–water partition coefficient (Wildman–Crippen LogP) is 3.44. The van der Waals surface area contributed by atoms with Crippen molar-refractivity contribution in [1.82, 2.24) is 21.3 Å². The Morgan fingerprint density at radius 2 is 1.45 bits per heavy atom. The molecule has 0 saturated carbocycles. The molecule has 1 aromatic carbocycles. The van der Waals surface area contributed by atoms with E-state index in [1.165, 1.54) is 6.07 Å². The largest absolute Gasteiger partial charge is 0.492 e. The van der Waals surface area contributed by atoms with Crippen molar-refractivity contribution < 1.29 is 18.7 Å². The Morgan fingerprint density at radius 1 is 0.848 bits per heavy atom. The number of benzene rings is 1. The van der Waals surface area contributed by atoms with Gasteiger partial charge in [-0.25, -0.2) is 14.4 Å². The monoisotopic (exact) mass is 460 g/mol. The number of fused-ring (bicyclic) bond motifs is 1. The molecular weight excluding hydrogens is 424 g/mol. The summed E-state index contributed by atoms with van der Waals surface area (Å²) < 4.78 is 10.8. The van der Waals surface area contributed by atoms with Crippen LogP contribution in [0, 0.1) is 6.92 Å². The minimum Gasteiger partial charge on any atom is -0.492 e. The second kappa shape index (κ2) is 14.8. The molecule has 0 aliphatic heterocycles. The zero-order valence-electron chi connectivity index (χ0n) is 19.6. The van der Waals surface area contributed by atoms with Gasteiger partial charge in [-0.3, -0.25) is 0 Å². The number of carbonyl (C=O) groups excluding carboxylic acids is 2. The van der Waals surface area contributed by atoms with Crippen molar-refractivity contribution in [3.8, 4) is 5.75 Å². The van der Waals surface area contributed by atoms with Crippen molar-refractivity contribution in [3.05, 3.63) is 40.2 Å². The van der Waals surface area contributed by atoms with Gasteiger partial charge >= 0.3 is 17.7 Å². The molecule has 0 saturated heterocycles. The highest BCUT2D eigenvalue weighted by Crippen LogP contribution is 2.22. The van der Waals surface area contributed by atoms with E-state index >= 15 is 0 Å². The number of hydrogen-bond acceptors (Lipinski definition) is 5. The Morgan fingerprint density at radius 3 is 2.09 bits per heavy atom. The van der Waals surface area contributed by atoms with E-state index in [0.29, 0.717) is 44.1 Å². The number of hydrogen-bond donors (Lipinski definition) is 4. The van der Waals surface area contributed by atoms with Crippen molar-refractivity contribution in [2.24, 2.45) is 0 Å². The lowest BCUT2D eigenvalue weighted by Crippen LogP contribution is -2.38. The molecule has 4 N–H and O–H groups in total. The number of aryl methyl sites for hydroxylation is 1. The van der Waals surface area contributed by atoms with Crippen LogP contribution in [0.1, 0.15) is 51.0 Å². The number of ether oxygens (including phenoxy) is 1. The highest BCUT2D eigenvalue weighted by atomic mass is 16.5. The molecule has 0 spiro atoms. The predicted molar refractivity (Wildman–Crippen MR) is 129 cm³/mol. The molecule has 33 heavy (non-hydrogen) atoms. The van der Waals surface area contributed by atoms with Crippen molar-refractivity contribution in [2.75, 3.05) is 32.8 Å². The van der Waals surface area contributed by atoms with E-state index < -0.39 is 5.63 Å². The fourth-order valence-corrected chi connectivity index (χ4v) is 3.24. The lowest BCUT2D eigenvalue weighted by atomic mass is 10.1. The maximum Gasteiger partial charge on any atom is 0.336 e. The molecule has 1 heterocycles. The van der Waals surface area contributed by atoms with Gasteiger partial charge in [-0.2, -0.15) is 0 Å². The van der Waals surface area contributed by atoms with Gasteiger partial charge in [-0.1, -0.05) is 26.2 Å². The minimum absolute atomic E-state index is 0.104. The Labute approximate surface area is 194 Å². The van der Waals surface area contributed by atoms with Crippen LogP contribution in [0.2, 0.25) is 0 Å². The molecule has 2 aromatic rings. The van der Waals surface area contributed by atoms with Gasteiger partial charge in [0.2, 0.25) is 0 Å². The second-order valence-electron chi connectivity index (χ2n) is 7.89. The average Bonchev–Trinajstić information content (AvgIpc) is 2.78. The maximum absolute atomic E-state index is 11.8. The molecule has 4 amide bonds. The fraction of sp³-hybridized carbons (Fsp3) is 0.542. The summed E-state index contributed by atoms with van der Waals surface area (Å²) in [4.78, 5) is 34.8. The summed E-state index contributed by atoms with van der Waals surface area (Å²) in [7, 11) is 0. The minimum atomic E-state index is -0.391. The smallest absolute Gasteiger partial charge is 0.336 e. The SMILES string of the molecule is CCCCNC(=O)NCCCCCCNC(=O)NCCOc1ccc2c(C)cc(=O)oc2c1. The van der Waals surface area contributed by atoms with Crippen molar-refractivity contribution >= 4 is 23.0 Å². The van der Waals surface area contributed by atoms with Crippen LogP contribution in [0.5, 0.6) is 5.75 Å². The van der Waals surface area contributed by atoms with Crippen LogP contribution in [0.3, 0.4) is 0 Å². The highest BCUT2D eigenvalue weighted by Gasteiger charge is 2.05. The Bertz CT molecular complexity index is 944. The summed E-state index contributed by atoms with van der Waals surface area (Å²) in [6.07, 6.45) is 5.84. The van der Waals surface area contributed by atoms with E-state index in [0.717, 1.165) is 49.5 Å². The molecule has 0 atom stereocenters. The lowest BCUT2D eigenvalue weighted by molar-refractivity contribution is 0.236. The van der Waals surface area contributed by atoms with E-state index in [1.54, 1.807) is 6.07 Å². The van der Waals surface area contributed by atoms with E-state index in [9.17, 15) is 14.4 Å². The third-order valence-corrected chi connectivity index (χ3v) is 5.07. The van der Waals surface area contributed by atoms with Crippen molar-refractivity contribution in [2.45, 2.75) is 52.4 Å². The van der Waals surface area contributed by atoms with Crippen molar-refractivity contribution in [1.29, 1.82) is 0 Å². The van der Waals surface area contributed by atoms with E-state index in [2.05, 4.69) is 28.2 Å². The molecule has 182 valence electrons. The number of amides is 4. The first kappa shape index (κ1) is 26.0. The fourth-order valence-electron chi connectivity index (χ4n) is 3.24. The Hall–Kier alpha value is -3.23. The van der Waals surface area contributed by atoms with Gasteiger partial charge in [0.05, 0.1) is 6.54 Å². The summed E-state index contributed by atoms with van der Waals surface area (Å²) >= 11 is 0. The van der Waals surface area contributed by atoms with Crippen LogP contribution in [0.4, 0.5) is 9.59 Å². The number of urea groups is 2. The van der Waals surface area contributed by atoms with Crippen molar-refractivity contribution in [3.63, 3.8) is 0 Å². The number of rotatable bonds is 14. The van der Waals surface area contributed by atoms with E-state index in [4.69, 9.17) is 9.15 Å². The van der Waals surface area contributed by atoms with Gasteiger partial charge in [-0.05, 0) is 43.9 Å². The number of unbranched alkanes of at least 4 members (excludes halogenated alkanes) is 4. The Kier molecular flexibility index (Phi) is 11.6. The van der Waals surface area contributed by atoms with Crippen LogP contribution >= 0.6 is 0 Å². The van der Waals surface area contributed by atoms with Crippen LogP contribution in [-0.4, -0.2) is 44.8 Å². The molecule has 0 fully saturated rings. The molecule has 0 aliphatic carbocycles. The molecule has 0 unspecified atom stereocenters. The van der Waals surface area contributed by atoms with Crippen LogP contribution in [0.25, 0.3) is 11.0 Å². The maximum atomic E-state index is 11.8. The third-order valence-electron chi connectivity index (χ3n) is 5.07. The highest BCUT2D eigenvalue weighted by molar-refractivity contribution is 5.81. The van der Waals surface area contributed by atoms with Crippen LogP contribution < -0.4 is 31.6 Å². The summed E-state index contributed by atoms with van der Waals surface area (Å²) in [5.74, 6) is 0.575.